The molecule has 0 N–H and O–H groups in total. The Bertz CT molecular complexity index is 163. The van der Waals surface area contributed by atoms with E-state index in [1.165, 1.54) is 0 Å². The van der Waals surface area contributed by atoms with Crippen molar-refractivity contribution in [2.75, 3.05) is 6.61 Å². The van der Waals surface area contributed by atoms with Gasteiger partial charge in [-0.05, 0) is 19.1 Å². The van der Waals surface area contributed by atoms with Crippen molar-refractivity contribution in [1.29, 1.82) is 0 Å². The van der Waals surface area contributed by atoms with Crippen LogP contribution in [0.15, 0.2) is 30.3 Å². The summed E-state index contributed by atoms with van der Waals surface area (Å²) in [6, 6.07) is 9.80. The van der Waals surface area contributed by atoms with Crippen molar-refractivity contribution in [3.63, 3.8) is 0 Å². The van der Waals surface area contributed by atoms with Gasteiger partial charge in [-0.25, -0.2) is 0 Å². The molecule has 1 aromatic rings. The molecule has 0 fully saturated rings. The summed E-state index contributed by atoms with van der Waals surface area (Å²) in [6.07, 6.45) is 0. The number of rotatable bonds is 2. The van der Waals surface area contributed by atoms with Gasteiger partial charge in [-0.3, -0.25) is 0 Å². The van der Waals surface area contributed by atoms with Crippen molar-refractivity contribution < 1.29 is 37.4 Å². The average molecular weight is 270 g/mol. The van der Waals surface area contributed by atoms with Crippen LogP contribution in [0.5, 0.6) is 5.75 Å². The van der Waals surface area contributed by atoms with Crippen LogP contribution in [0.25, 0.3) is 0 Å². The minimum absolute atomic E-state index is 0. The molecule has 1 rings (SSSR count). The fourth-order valence-corrected chi connectivity index (χ4v) is 0.683. The van der Waals surface area contributed by atoms with Gasteiger partial charge in [0.15, 0.2) is 0 Å². The number of hydrogen-bond donors (Lipinski definition) is 0. The van der Waals surface area contributed by atoms with Gasteiger partial charge in [-0.15, -0.1) is 0 Å². The van der Waals surface area contributed by atoms with E-state index in [9.17, 15) is 0 Å². The van der Waals surface area contributed by atoms with E-state index >= 15 is 0 Å². The molecule has 0 spiro atoms. The van der Waals surface area contributed by atoms with Crippen LogP contribution >= 0.6 is 0 Å². The van der Waals surface area contributed by atoms with Gasteiger partial charge in [0.2, 0.25) is 0 Å². The largest absolute Gasteiger partial charge is 0.494 e. The SMILES string of the molecule is CC.CCOc1ccccc1.[CH2-]C.[Y]. The quantitative estimate of drug-likeness (QED) is 0.739. The molecule has 0 aromatic heterocycles. The van der Waals surface area contributed by atoms with E-state index in [2.05, 4.69) is 6.92 Å². The van der Waals surface area contributed by atoms with Gasteiger partial charge in [0.05, 0.1) is 6.61 Å². The number of ether oxygens (including phenoxy) is 1. The number of hydrogen-bond acceptors (Lipinski definition) is 1. The Balaban J connectivity index is -0.000000216. The van der Waals surface area contributed by atoms with Gasteiger partial charge in [-0.2, -0.15) is 6.92 Å². The molecule has 2 heteroatoms. The minimum Gasteiger partial charge on any atom is -0.494 e. The Labute approximate surface area is 114 Å². The molecule has 0 amide bonds. The molecular weight excluding hydrogens is 249 g/mol. The molecule has 0 unspecified atom stereocenters. The van der Waals surface area contributed by atoms with Crippen LogP contribution in [-0.4, -0.2) is 6.61 Å². The van der Waals surface area contributed by atoms with E-state index < -0.39 is 0 Å². The third kappa shape index (κ3) is 12.1. The second kappa shape index (κ2) is 18.8. The molecule has 0 saturated carbocycles. The molecule has 0 aliphatic rings. The topological polar surface area (TPSA) is 9.23 Å². The van der Waals surface area contributed by atoms with Crippen LogP contribution in [0.4, 0.5) is 0 Å². The normalized spacial score (nSPS) is 6.64. The summed E-state index contributed by atoms with van der Waals surface area (Å²) in [5, 5.41) is 0. The zero-order valence-corrected chi connectivity index (χ0v) is 12.6. The first-order chi connectivity index (χ1) is 6.43. The third-order valence-electron chi connectivity index (χ3n) is 1.05. The molecular formula is C12H21OY-. The summed E-state index contributed by atoms with van der Waals surface area (Å²) in [6.45, 7) is 11.7. The van der Waals surface area contributed by atoms with Crippen molar-refractivity contribution in [2.24, 2.45) is 0 Å². The number of para-hydroxylation sites is 1. The van der Waals surface area contributed by atoms with E-state index in [-0.39, 0.29) is 32.7 Å². The van der Waals surface area contributed by atoms with Crippen LogP contribution in [0.2, 0.25) is 0 Å². The summed E-state index contributed by atoms with van der Waals surface area (Å²) in [5.41, 5.74) is 0. The van der Waals surface area contributed by atoms with Crippen molar-refractivity contribution in [1.82, 2.24) is 0 Å². The van der Waals surface area contributed by atoms with Crippen LogP contribution < -0.4 is 4.74 Å². The van der Waals surface area contributed by atoms with Crippen molar-refractivity contribution in [3.05, 3.63) is 37.3 Å². The molecule has 14 heavy (non-hydrogen) atoms. The van der Waals surface area contributed by atoms with Gasteiger partial charge in [0.25, 0.3) is 0 Å². The number of benzene rings is 1. The molecule has 0 bridgehead atoms. The summed E-state index contributed by atoms with van der Waals surface area (Å²) in [5.74, 6) is 0.944. The van der Waals surface area contributed by atoms with Crippen LogP contribution in [0.1, 0.15) is 27.7 Å². The summed E-state index contributed by atoms with van der Waals surface area (Å²) >= 11 is 0. The first-order valence-corrected chi connectivity index (χ1v) is 4.82. The predicted molar refractivity (Wildman–Crippen MR) is 60.0 cm³/mol. The van der Waals surface area contributed by atoms with Crippen LogP contribution in [0, 0.1) is 6.92 Å². The Morgan fingerprint density at radius 3 is 1.86 bits per heavy atom. The smallest absolute Gasteiger partial charge is 0.119 e. The Morgan fingerprint density at radius 2 is 1.50 bits per heavy atom. The third-order valence-corrected chi connectivity index (χ3v) is 1.05. The van der Waals surface area contributed by atoms with Gasteiger partial charge in [0.1, 0.15) is 5.75 Å². The molecule has 0 heterocycles. The van der Waals surface area contributed by atoms with E-state index in [1.54, 1.807) is 6.92 Å². The summed E-state index contributed by atoms with van der Waals surface area (Å²) in [4.78, 5) is 0. The monoisotopic (exact) mass is 270 g/mol. The molecule has 1 aromatic carbocycles. The molecule has 1 nitrogen and oxygen atoms in total. The molecule has 0 aliphatic carbocycles. The summed E-state index contributed by atoms with van der Waals surface area (Å²) < 4.78 is 5.21. The van der Waals surface area contributed by atoms with Crippen LogP contribution in [-0.2, 0) is 32.7 Å². The second-order valence-electron chi connectivity index (χ2n) is 1.75. The fourth-order valence-electron chi connectivity index (χ4n) is 0.683. The Hall–Kier alpha value is 0.124. The van der Waals surface area contributed by atoms with Gasteiger partial charge >= 0.3 is 0 Å². The van der Waals surface area contributed by atoms with Crippen molar-refractivity contribution in [2.45, 2.75) is 27.7 Å². The minimum atomic E-state index is 0. The van der Waals surface area contributed by atoms with Crippen LogP contribution in [0.3, 0.4) is 0 Å². The first kappa shape index (κ1) is 19.7. The Morgan fingerprint density at radius 1 is 1.07 bits per heavy atom. The molecule has 0 atom stereocenters. The van der Waals surface area contributed by atoms with E-state index in [0.717, 1.165) is 12.4 Å². The molecule has 0 saturated heterocycles. The second-order valence-corrected chi connectivity index (χ2v) is 1.75. The molecule has 79 valence electrons. The van der Waals surface area contributed by atoms with E-state index in [1.807, 2.05) is 51.1 Å². The first-order valence-electron chi connectivity index (χ1n) is 4.82. The maximum atomic E-state index is 5.21. The van der Waals surface area contributed by atoms with Crippen molar-refractivity contribution >= 4 is 0 Å². The van der Waals surface area contributed by atoms with Crippen molar-refractivity contribution in [3.8, 4) is 5.75 Å². The van der Waals surface area contributed by atoms with Gasteiger partial charge in [0, 0.05) is 32.7 Å². The maximum absolute atomic E-state index is 5.21. The Kier molecular flexibility index (Phi) is 26.4. The standard InChI is InChI=1S/C8H10O.C2H6.C2H5.Y/c1-2-9-8-6-4-3-5-7-8;2*1-2;/h3-7H,2H2,1H3;1-2H3;1H2,2H3;/q;;-1;. The molecule has 1 radical (unpaired) electrons. The maximum Gasteiger partial charge on any atom is 0.119 e. The van der Waals surface area contributed by atoms with E-state index in [0.29, 0.717) is 0 Å². The summed E-state index contributed by atoms with van der Waals surface area (Å²) in [7, 11) is 0. The molecule has 0 aliphatic heterocycles. The zero-order chi connectivity index (χ0) is 10.5. The average Bonchev–Trinajstić information content (AvgIpc) is 2.26. The zero-order valence-electron chi connectivity index (χ0n) is 9.79. The van der Waals surface area contributed by atoms with Gasteiger partial charge < -0.3 is 11.7 Å². The fraction of sp³-hybridized carbons (Fsp3) is 0.417. The van der Waals surface area contributed by atoms with E-state index in [4.69, 9.17) is 4.74 Å². The van der Waals surface area contributed by atoms with Gasteiger partial charge in [-0.1, -0.05) is 32.0 Å². The predicted octanol–water partition coefficient (Wildman–Crippen LogP) is 3.95.